The third-order valence-corrected chi connectivity index (χ3v) is 5.53. The number of nitrogens with zero attached hydrogens (tertiary/aromatic N) is 2. The lowest BCUT2D eigenvalue weighted by Crippen LogP contribution is -2.27. The Morgan fingerprint density at radius 3 is 2.60 bits per heavy atom. The molecule has 2 aromatic carbocycles. The summed E-state index contributed by atoms with van der Waals surface area (Å²) in [4.78, 5) is 17.0. The van der Waals surface area contributed by atoms with E-state index in [1.165, 1.54) is 5.56 Å². The highest BCUT2D eigenvalue weighted by molar-refractivity contribution is 5.93. The summed E-state index contributed by atoms with van der Waals surface area (Å²) in [5.41, 5.74) is 4.67. The van der Waals surface area contributed by atoms with Crippen molar-refractivity contribution in [2.75, 3.05) is 7.11 Å². The fourth-order valence-electron chi connectivity index (χ4n) is 3.62. The lowest BCUT2D eigenvalue weighted by atomic mass is 10.0. The zero-order valence-electron chi connectivity index (χ0n) is 17.6. The second-order valence-electron chi connectivity index (χ2n) is 7.84. The highest BCUT2D eigenvalue weighted by Gasteiger charge is 2.26. The molecule has 30 heavy (non-hydrogen) atoms. The number of hydrogen-bond donors (Lipinski definition) is 1. The van der Waals surface area contributed by atoms with Crippen molar-refractivity contribution in [1.82, 2.24) is 14.9 Å². The maximum atomic E-state index is 12.7. The zero-order valence-corrected chi connectivity index (χ0v) is 17.6. The van der Waals surface area contributed by atoms with Gasteiger partial charge in [-0.1, -0.05) is 50.2 Å². The first kappa shape index (κ1) is 20.2. The monoisotopic (exact) mass is 405 g/mol. The minimum absolute atomic E-state index is 0.0759. The molecule has 6 nitrogen and oxygen atoms in total. The van der Waals surface area contributed by atoms with Crippen LogP contribution in [0, 0.1) is 0 Å². The fourth-order valence-corrected chi connectivity index (χ4v) is 3.62. The molecule has 1 aromatic heterocycles. The summed E-state index contributed by atoms with van der Waals surface area (Å²) in [6, 6.07) is 16.2. The van der Waals surface area contributed by atoms with Gasteiger partial charge < -0.3 is 19.4 Å². The standard InChI is InChI=1S/C24H27N3O3/c1-16(2)18-6-4-17(5-7-18)12-25-24(28)23-21-14-30-22(13-27(21)15-26-23)19-8-10-20(29-3)11-9-19/h4-11,15-16,22H,12-14H2,1-3H3,(H,25,28)/t22-/m0/s1. The molecular weight excluding hydrogens is 378 g/mol. The molecule has 0 unspecified atom stereocenters. The van der Waals surface area contributed by atoms with E-state index in [0.29, 0.717) is 31.3 Å². The van der Waals surface area contributed by atoms with Crippen LogP contribution < -0.4 is 10.1 Å². The van der Waals surface area contributed by atoms with Gasteiger partial charge in [-0.05, 0) is 34.7 Å². The third-order valence-electron chi connectivity index (χ3n) is 5.53. The Hall–Kier alpha value is -3.12. The molecule has 0 radical (unpaired) electrons. The predicted molar refractivity (Wildman–Crippen MR) is 114 cm³/mol. The topological polar surface area (TPSA) is 65.4 Å². The average molecular weight is 405 g/mol. The maximum Gasteiger partial charge on any atom is 0.272 e. The summed E-state index contributed by atoms with van der Waals surface area (Å²) in [6.45, 7) is 5.78. The van der Waals surface area contributed by atoms with Gasteiger partial charge in [-0.2, -0.15) is 0 Å². The second-order valence-corrected chi connectivity index (χ2v) is 7.84. The SMILES string of the molecule is COc1ccc([C@@H]2Cn3cnc(C(=O)NCc4ccc(C(C)C)cc4)c3CO2)cc1. The van der Waals surface area contributed by atoms with Crippen molar-refractivity contribution in [1.29, 1.82) is 0 Å². The number of carbonyl (C=O) groups is 1. The molecule has 0 saturated heterocycles. The normalized spacial score (nSPS) is 15.7. The van der Waals surface area contributed by atoms with E-state index in [4.69, 9.17) is 9.47 Å². The molecule has 2 heterocycles. The van der Waals surface area contributed by atoms with Crippen LogP contribution in [0.1, 0.15) is 58.7 Å². The van der Waals surface area contributed by atoms with Gasteiger partial charge in [0, 0.05) is 6.54 Å². The molecule has 156 valence electrons. The van der Waals surface area contributed by atoms with Gasteiger partial charge >= 0.3 is 0 Å². The molecule has 1 atom stereocenters. The van der Waals surface area contributed by atoms with Crippen LogP contribution in [0.2, 0.25) is 0 Å². The third kappa shape index (κ3) is 4.24. The summed E-state index contributed by atoms with van der Waals surface area (Å²) in [5.74, 6) is 1.13. The number of aromatic nitrogens is 2. The van der Waals surface area contributed by atoms with E-state index >= 15 is 0 Å². The second kappa shape index (κ2) is 8.71. The molecule has 4 rings (SSSR count). The molecule has 0 aliphatic carbocycles. The minimum atomic E-state index is -0.178. The van der Waals surface area contributed by atoms with Gasteiger partial charge in [0.1, 0.15) is 11.9 Å². The smallest absolute Gasteiger partial charge is 0.272 e. The number of methoxy groups -OCH3 is 1. The zero-order chi connectivity index (χ0) is 21.1. The summed E-state index contributed by atoms with van der Waals surface area (Å²) < 4.78 is 13.2. The average Bonchev–Trinajstić information content (AvgIpc) is 3.21. The van der Waals surface area contributed by atoms with E-state index in [1.54, 1.807) is 13.4 Å². The van der Waals surface area contributed by atoms with Crippen LogP contribution in [0.15, 0.2) is 54.9 Å². The summed E-state index contributed by atoms with van der Waals surface area (Å²) in [7, 11) is 1.65. The Labute approximate surface area is 176 Å². The Kier molecular flexibility index (Phi) is 5.86. The van der Waals surface area contributed by atoms with Gasteiger partial charge in [0.2, 0.25) is 0 Å². The number of fused-ring (bicyclic) bond motifs is 1. The van der Waals surface area contributed by atoms with Crippen LogP contribution in [0.3, 0.4) is 0 Å². The lowest BCUT2D eigenvalue weighted by molar-refractivity contribution is 0.00255. The van der Waals surface area contributed by atoms with Crippen molar-refractivity contribution < 1.29 is 14.3 Å². The largest absolute Gasteiger partial charge is 0.497 e. The first-order valence-corrected chi connectivity index (χ1v) is 10.2. The van der Waals surface area contributed by atoms with Crippen molar-refractivity contribution >= 4 is 5.91 Å². The van der Waals surface area contributed by atoms with E-state index in [-0.39, 0.29) is 12.0 Å². The number of carbonyl (C=O) groups excluding carboxylic acids is 1. The number of amides is 1. The number of hydrogen-bond acceptors (Lipinski definition) is 4. The Morgan fingerprint density at radius 1 is 1.20 bits per heavy atom. The van der Waals surface area contributed by atoms with Crippen molar-refractivity contribution in [3.63, 3.8) is 0 Å². The highest BCUT2D eigenvalue weighted by atomic mass is 16.5. The Bertz CT molecular complexity index is 1010. The van der Waals surface area contributed by atoms with E-state index in [2.05, 4.69) is 48.4 Å². The number of ether oxygens (including phenoxy) is 2. The predicted octanol–water partition coefficient (Wildman–Crippen LogP) is 4.22. The van der Waals surface area contributed by atoms with Crippen LogP contribution in [0.5, 0.6) is 5.75 Å². The summed E-state index contributed by atoms with van der Waals surface area (Å²) in [6.07, 6.45) is 1.65. The first-order chi connectivity index (χ1) is 14.5. The molecule has 6 heteroatoms. The molecule has 0 spiro atoms. The molecule has 3 aromatic rings. The number of nitrogens with one attached hydrogen (secondary N) is 1. The molecule has 0 saturated carbocycles. The minimum Gasteiger partial charge on any atom is -0.497 e. The van der Waals surface area contributed by atoms with E-state index in [9.17, 15) is 4.79 Å². The van der Waals surface area contributed by atoms with Gasteiger partial charge in [0.25, 0.3) is 5.91 Å². The fraction of sp³-hybridized carbons (Fsp3) is 0.333. The van der Waals surface area contributed by atoms with Crippen LogP contribution in [-0.4, -0.2) is 22.6 Å². The van der Waals surface area contributed by atoms with Crippen molar-refractivity contribution in [3.8, 4) is 5.75 Å². The molecular formula is C24H27N3O3. The maximum absolute atomic E-state index is 12.7. The van der Waals surface area contributed by atoms with E-state index in [0.717, 1.165) is 22.6 Å². The molecule has 0 fully saturated rings. The molecule has 1 amide bonds. The first-order valence-electron chi connectivity index (χ1n) is 10.2. The van der Waals surface area contributed by atoms with Gasteiger partial charge in [-0.25, -0.2) is 4.98 Å². The lowest BCUT2D eigenvalue weighted by Gasteiger charge is -2.25. The molecule has 1 aliphatic heterocycles. The summed E-state index contributed by atoms with van der Waals surface area (Å²) in [5, 5.41) is 2.97. The molecule has 1 N–H and O–H groups in total. The number of imidazole rings is 1. The van der Waals surface area contributed by atoms with Crippen LogP contribution in [0.4, 0.5) is 0 Å². The van der Waals surface area contributed by atoms with Gasteiger partial charge in [-0.15, -0.1) is 0 Å². The van der Waals surface area contributed by atoms with E-state index in [1.807, 2.05) is 28.8 Å². The Morgan fingerprint density at radius 2 is 1.93 bits per heavy atom. The van der Waals surface area contributed by atoms with Gasteiger partial charge in [-0.3, -0.25) is 4.79 Å². The summed E-state index contributed by atoms with van der Waals surface area (Å²) >= 11 is 0. The Balaban J connectivity index is 1.39. The van der Waals surface area contributed by atoms with Crippen LogP contribution in [-0.2, 0) is 24.4 Å². The highest BCUT2D eigenvalue weighted by Crippen LogP contribution is 2.28. The number of rotatable bonds is 6. The van der Waals surface area contributed by atoms with Gasteiger partial charge in [0.15, 0.2) is 5.69 Å². The quantitative estimate of drug-likeness (QED) is 0.667. The van der Waals surface area contributed by atoms with Crippen LogP contribution >= 0.6 is 0 Å². The van der Waals surface area contributed by atoms with Gasteiger partial charge in [0.05, 0.1) is 32.3 Å². The van der Waals surface area contributed by atoms with E-state index < -0.39 is 0 Å². The van der Waals surface area contributed by atoms with Crippen molar-refractivity contribution in [2.24, 2.45) is 0 Å². The van der Waals surface area contributed by atoms with Crippen molar-refractivity contribution in [3.05, 3.63) is 82.9 Å². The molecule has 1 aliphatic rings. The number of benzene rings is 2. The molecule has 0 bridgehead atoms. The van der Waals surface area contributed by atoms with Crippen molar-refractivity contribution in [2.45, 2.75) is 45.6 Å². The van der Waals surface area contributed by atoms with Crippen LogP contribution in [0.25, 0.3) is 0 Å².